The van der Waals surface area contributed by atoms with Crippen LogP contribution in [0.15, 0.2) is 35.1 Å². The van der Waals surface area contributed by atoms with E-state index in [0.717, 1.165) is 42.8 Å². The van der Waals surface area contributed by atoms with Crippen molar-refractivity contribution in [2.24, 2.45) is 0 Å². The number of esters is 1. The lowest BCUT2D eigenvalue weighted by Gasteiger charge is -2.10. The van der Waals surface area contributed by atoms with Gasteiger partial charge in [0.25, 0.3) is 5.56 Å². The Morgan fingerprint density at radius 1 is 1.18 bits per heavy atom. The van der Waals surface area contributed by atoms with Gasteiger partial charge in [0.1, 0.15) is 5.82 Å². The van der Waals surface area contributed by atoms with Gasteiger partial charge in [-0.1, -0.05) is 18.0 Å². The quantitative estimate of drug-likeness (QED) is 0.476. The Morgan fingerprint density at radius 3 is 2.82 bits per heavy atom. The molecule has 1 aliphatic heterocycles. The van der Waals surface area contributed by atoms with Crippen molar-refractivity contribution in [1.82, 2.24) is 9.55 Å². The summed E-state index contributed by atoms with van der Waals surface area (Å²) in [6, 6.07) is 7.90. The van der Waals surface area contributed by atoms with Crippen LogP contribution in [-0.4, -0.2) is 27.9 Å². The molecule has 0 atom stereocenters. The van der Waals surface area contributed by atoms with Crippen molar-refractivity contribution in [2.75, 3.05) is 6.61 Å². The zero-order chi connectivity index (χ0) is 19.7. The highest BCUT2D eigenvalue weighted by Gasteiger charge is 2.17. The Kier molecular flexibility index (Phi) is 5.28. The molecule has 0 N–H and O–H groups in total. The molecule has 3 aromatic rings. The molecule has 28 heavy (non-hydrogen) atoms. The number of ether oxygens (including phenoxy) is 1. The third-order valence-electron chi connectivity index (χ3n) is 4.73. The van der Waals surface area contributed by atoms with Gasteiger partial charge in [0.15, 0.2) is 6.61 Å². The smallest absolute Gasteiger partial charge is 0.338 e. The third-order valence-corrected chi connectivity index (χ3v) is 6.01. The molecule has 0 saturated carbocycles. The second-order valence-electron chi connectivity index (χ2n) is 6.63. The Labute approximate surface area is 169 Å². The number of rotatable bonds is 4. The van der Waals surface area contributed by atoms with Gasteiger partial charge in [-0.25, -0.2) is 9.78 Å². The maximum atomic E-state index is 12.7. The van der Waals surface area contributed by atoms with Gasteiger partial charge in [-0.2, -0.15) is 0 Å². The monoisotopic (exact) mass is 416 g/mol. The average Bonchev–Trinajstić information content (AvgIpc) is 2.99. The van der Waals surface area contributed by atoms with Crippen LogP contribution in [0.25, 0.3) is 10.9 Å². The van der Waals surface area contributed by atoms with Crippen molar-refractivity contribution in [1.29, 1.82) is 0 Å². The average molecular weight is 417 g/mol. The number of nitrogens with zero attached hydrogens (tertiary/aromatic N) is 2. The number of Topliss-reactive ketones (excluding diaryl/α,β-unsaturated/α-hetero) is 1. The van der Waals surface area contributed by atoms with Gasteiger partial charge in [-0.3, -0.25) is 14.2 Å². The zero-order valence-electron chi connectivity index (χ0n) is 14.9. The molecule has 0 saturated heterocycles. The molecule has 0 aliphatic carbocycles. The van der Waals surface area contributed by atoms with E-state index in [4.69, 9.17) is 16.3 Å². The van der Waals surface area contributed by atoms with E-state index in [2.05, 4.69) is 4.98 Å². The number of hydrogen-bond acceptors (Lipinski definition) is 6. The van der Waals surface area contributed by atoms with E-state index in [1.54, 1.807) is 28.8 Å². The largest absolute Gasteiger partial charge is 0.454 e. The van der Waals surface area contributed by atoms with Crippen LogP contribution in [0.1, 0.15) is 45.1 Å². The Morgan fingerprint density at radius 2 is 2.04 bits per heavy atom. The van der Waals surface area contributed by atoms with Crippen LogP contribution in [0.5, 0.6) is 0 Å². The van der Waals surface area contributed by atoms with Crippen molar-refractivity contribution in [3.63, 3.8) is 0 Å². The second kappa shape index (κ2) is 7.85. The molecule has 6 nitrogen and oxygen atoms in total. The number of aromatic nitrogens is 2. The van der Waals surface area contributed by atoms with Crippen molar-refractivity contribution >= 4 is 45.6 Å². The highest BCUT2D eigenvalue weighted by molar-refractivity contribution is 7.18. The molecule has 0 amide bonds. The summed E-state index contributed by atoms with van der Waals surface area (Å²) >= 11 is 6.96. The van der Waals surface area contributed by atoms with E-state index < -0.39 is 5.97 Å². The lowest BCUT2D eigenvalue weighted by atomic mass is 10.1. The standard InChI is InChI=1S/C20H17ClN2O4S/c21-17-8-7-16(28-17)15(24)11-27-20(26)12-5-6-13-14(10-12)22-18-4-2-1-3-9-23(18)19(13)25/h5-8,10H,1-4,9,11H2. The molecular formula is C20H17ClN2O4S. The number of fused-ring (bicyclic) bond motifs is 2. The first-order chi connectivity index (χ1) is 13.5. The normalized spacial score (nSPS) is 13.8. The van der Waals surface area contributed by atoms with E-state index in [1.165, 1.54) is 6.07 Å². The lowest BCUT2D eigenvalue weighted by Crippen LogP contribution is -2.24. The predicted octanol–water partition coefficient (Wildman–Crippen LogP) is 3.88. The first-order valence-corrected chi connectivity index (χ1v) is 10.2. The van der Waals surface area contributed by atoms with Crippen molar-refractivity contribution in [3.05, 3.63) is 61.3 Å². The number of carbonyl (C=O) groups excluding carboxylic acids is 2. The summed E-state index contributed by atoms with van der Waals surface area (Å²) in [5, 5.41) is 0.478. The molecule has 1 aromatic carbocycles. The molecule has 8 heteroatoms. The fourth-order valence-electron chi connectivity index (χ4n) is 3.29. The molecule has 0 spiro atoms. The Bertz CT molecular complexity index is 1130. The molecule has 0 bridgehead atoms. The van der Waals surface area contributed by atoms with Gasteiger partial charge in [0, 0.05) is 13.0 Å². The van der Waals surface area contributed by atoms with E-state index in [-0.39, 0.29) is 23.5 Å². The van der Waals surface area contributed by atoms with E-state index in [9.17, 15) is 14.4 Å². The number of hydrogen-bond donors (Lipinski definition) is 0. The van der Waals surface area contributed by atoms with Crippen molar-refractivity contribution < 1.29 is 14.3 Å². The molecule has 0 unspecified atom stereocenters. The van der Waals surface area contributed by atoms with E-state index >= 15 is 0 Å². The topological polar surface area (TPSA) is 78.3 Å². The van der Waals surface area contributed by atoms with Gasteiger partial charge in [0.2, 0.25) is 5.78 Å². The maximum absolute atomic E-state index is 12.7. The van der Waals surface area contributed by atoms with Crippen molar-refractivity contribution in [3.8, 4) is 0 Å². The van der Waals surface area contributed by atoms with Gasteiger partial charge < -0.3 is 4.74 Å². The summed E-state index contributed by atoms with van der Waals surface area (Å²) in [4.78, 5) is 42.2. The first-order valence-electron chi connectivity index (χ1n) is 9.02. The molecule has 4 rings (SSSR count). The number of thiophene rings is 1. The third kappa shape index (κ3) is 3.72. The fourth-order valence-corrected chi connectivity index (χ4v) is 4.26. The van der Waals surface area contributed by atoms with Crippen LogP contribution in [0.2, 0.25) is 4.34 Å². The van der Waals surface area contributed by atoms with Crippen LogP contribution in [-0.2, 0) is 17.7 Å². The zero-order valence-corrected chi connectivity index (χ0v) is 16.5. The highest BCUT2D eigenvalue weighted by Crippen LogP contribution is 2.22. The van der Waals surface area contributed by atoms with E-state index in [0.29, 0.717) is 26.7 Å². The molecule has 0 radical (unpaired) electrons. The van der Waals surface area contributed by atoms with Crippen LogP contribution in [0, 0.1) is 0 Å². The van der Waals surface area contributed by atoms with Crippen LogP contribution in [0.4, 0.5) is 0 Å². The number of halogens is 1. The summed E-state index contributed by atoms with van der Waals surface area (Å²) in [5.74, 6) is -0.187. The highest BCUT2D eigenvalue weighted by atomic mass is 35.5. The van der Waals surface area contributed by atoms with Crippen molar-refractivity contribution in [2.45, 2.75) is 32.2 Å². The van der Waals surface area contributed by atoms with Gasteiger partial charge in [-0.05, 0) is 43.2 Å². The number of carbonyl (C=O) groups is 2. The summed E-state index contributed by atoms with van der Waals surface area (Å²) in [6.07, 6.45) is 3.78. The first kappa shape index (κ1) is 18.8. The summed E-state index contributed by atoms with van der Waals surface area (Å²) in [7, 11) is 0. The second-order valence-corrected chi connectivity index (χ2v) is 8.35. The summed E-state index contributed by atoms with van der Waals surface area (Å²) < 4.78 is 7.36. The number of benzene rings is 1. The minimum atomic E-state index is -0.630. The molecule has 1 aliphatic rings. The minimum absolute atomic E-state index is 0.0773. The molecule has 2 aromatic heterocycles. The summed E-state index contributed by atoms with van der Waals surface area (Å²) in [5.41, 5.74) is 0.658. The SMILES string of the molecule is O=C(OCC(=O)c1ccc(Cl)s1)c1ccc2c(=O)n3c(nc2c1)CCCCC3. The molecular weight excluding hydrogens is 400 g/mol. The van der Waals surface area contributed by atoms with Gasteiger partial charge in [-0.15, -0.1) is 11.3 Å². The Hall–Kier alpha value is -2.51. The molecule has 0 fully saturated rings. The number of aryl methyl sites for hydroxylation is 1. The van der Waals surface area contributed by atoms with E-state index in [1.807, 2.05) is 0 Å². The summed E-state index contributed by atoms with van der Waals surface area (Å²) in [6.45, 7) is 0.309. The fraction of sp³-hybridized carbons (Fsp3) is 0.300. The van der Waals surface area contributed by atoms with Crippen LogP contribution >= 0.6 is 22.9 Å². The number of ketones is 1. The molecule has 3 heterocycles. The van der Waals surface area contributed by atoms with Crippen LogP contribution in [0.3, 0.4) is 0 Å². The maximum Gasteiger partial charge on any atom is 0.338 e. The lowest BCUT2D eigenvalue weighted by molar-refractivity contribution is 0.0476. The van der Waals surface area contributed by atoms with Crippen LogP contribution < -0.4 is 5.56 Å². The minimum Gasteiger partial charge on any atom is -0.454 e. The predicted molar refractivity (Wildman–Crippen MR) is 108 cm³/mol. The Balaban J connectivity index is 1.56. The van der Waals surface area contributed by atoms with Gasteiger partial charge in [0.05, 0.1) is 25.7 Å². The van der Waals surface area contributed by atoms with Gasteiger partial charge >= 0.3 is 5.97 Å². The molecule has 144 valence electrons.